The summed E-state index contributed by atoms with van der Waals surface area (Å²) in [6.45, 7) is 0. The predicted octanol–water partition coefficient (Wildman–Crippen LogP) is 2.08. The highest BCUT2D eigenvalue weighted by molar-refractivity contribution is 7.07. The molecule has 100 valence electrons. The first-order valence-corrected chi connectivity index (χ1v) is 7.57. The summed E-state index contributed by atoms with van der Waals surface area (Å²) in [5.41, 5.74) is 3.72. The number of carbonyl (C=O) groups is 1. The summed E-state index contributed by atoms with van der Waals surface area (Å²) in [5, 5.41) is 14.4. The van der Waals surface area contributed by atoms with Gasteiger partial charge in [-0.2, -0.15) is 16.4 Å². The van der Waals surface area contributed by atoms with Crippen LogP contribution in [0.3, 0.4) is 0 Å². The average molecular weight is 275 g/mol. The van der Waals surface area contributed by atoms with Gasteiger partial charge in [-0.05, 0) is 53.6 Å². The molecule has 2 heterocycles. The van der Waals surface area contributed by atoms with E-state index >= 15 is 0 Å². The standard InChI is InChI=1S/C14H17N3OS/c18-14(4-1-10-5-6-19-9-10)16-12-2-3-13-11(7-12)8-15-17-13/h5-6,8-9,12H,1-4,7H2,(H,15,17)(H,16,18). The second-order valence-corrected chi connectivity index (χ2v) is 5.79. The van der Waals surface area contributed by atoms with Crippen molar-refractivity contribution in [2.75, 3.05) is 0 Å². The Morgan fingerprint density at radius 3 is 3.37 bits per heavy atom. The lowest BCUT2D eigenvalue weighted by Gasteiger charge is -2.22. The Morgan fingerprint density at radius 2 is 2.53 bits per heavy atom. The molecule has 1 aliphatic carbocycles. The van der Waals surface area contributed by atoms with Gasteiger partial charge < -0.3 is 5.32 Å². The van der Waals surface area contributed by atoms with Crippen molar-refractivity contribution in [2.24, 2.45) is 0 Å². The van der Waals surface area contributed by atoms with E-state index in [9.17, 15) is 4.79 Å². The fraction of sp³-hybridized carbons (Fsp3) is 0.429. The normalized spacial score (nSPS) is 18.0. The number of thiophene rings is 1. The van der Waals surface area contributed by atoms with Gasteiger partial charge >= 0.3 is 0 Å². The van der Waals surface area contributed by atoms with Crippen molar-refractivity contribution in [3.8, 4) is 0 Å². The van der Waals surface area contributed by atoms with E-state index in [1.54, 1.807) is 11.3 Å². The van der Waals surface area contributed by atoms with Gasteiger partial charge in [-0.15, -0.1) is 0 Å². The lowest BCUT2D eigenvalue weighted by molar-refractivity contribution is -0.121. The van der Waals surface area contributed by atoms with Crippen molar-refractivity contribution < 1.29 is 4.79 Å². The molecule has 0 aliphatic heterocycles. The topological polar surface area (TPSA) is 57.8 Å². The van der Waals surface area contributed by atoms with E-state index in [0.29, 0.717) is 6.42 Å². The summed E-state index contributed by atoms with van der Waals surface area (Å²) in [5.74, 6) is 0.156. The van der Waals surface area contributed by atoms with E-state index in [4.69, 9.17) is 0 Å². The van der Waals surface area contributed by atoms with Crippen molar-refractivity contribution in [1.82, 2.24) is 15.5 Å². The van der Waals surface area contributed by atoms with Crippen molar-refractivity contribution >= 4 is 17.2 Å². The Balaban J connectivity index is 1.48. The highest BCUT2D eigenvalue weighted by Gasteiger charge is 2.21. The molecule has 1 aliphatic rings. The van der Waals surface area contributed by atoms with Crippen molar-refractivity contribution in [3.05, 3.63) is 39.8 Å². The molecule has 0 saturated carbocycles. The van der Waals surface area contributed by atoms with Gasteiger partial charge in [-0.3, -0.25) is 9.89 Å². The number of aryl methyl sites for hydroxylation is 2. The zero-order valence-electron chi connectivity index (χ0n) is 10.7. The third-order valence-electron chi connectivity index (χ3n) is 3.60. The molecule has 0 radical (unpaired) electrons. The van der Waals surface area contributed by atoms with Crippen molar-refractivity contribution in [3.63, 3.8) is 0 Å². The van der Waals surface area contributed by atoms with Crippen LogP contribution in [0.25, 0.3) is 0 Å². The maximum Gasteiger partial charge on any atom is 0.220 e. The predicted molar refractivity (Wildman–Crippen MR) is 75.2 cm³/mol. The lowest BCUT2D eigenvalue weighted by Crippen LogP contribution is -2.38. The van der Waals surface area contributed by atoms with Crippen LogP contribution in [-0.2, 0) is 24.1 Å². The van der Waals surface area contributed by atoms with Crippen LogP contribution in [0.2, 0.25) is 0 Å². The molecule has 1 amide bonds. The van der Waals surface area contributed by atoms with E-state index in [0.717, 1.165) is 25.7 Å². The zero-order valence-corrected chi connectivity index (χ0v) is 11.5. The molecule has 3 rings (SSSR count). The van der Waals surface area contributed by atoms with Gasteiger partial charge in [0.2, 0.25) is 5.91 Å². The number of fused-ring (bicyclic) bond motifs is 1. The Kier molecular flexibility index (Phi) is 3.64. The fourth-order valence-corrected chi connectivity index (χ4v) is 3.24. The number of aromatic amines is 1. The Bertz CT molecular complexity index is 547. The number of carbonyl (C=O) groups excluding carboxylic acids is 1. The fourth-order valence-electron chi connectivity index (χ4n) is 2.53. The van der Waals surface area contributed by atoms with Gasteiger partial charge in [0.15, 0.2) is 0 Å². The molecule has 19 heavy (non-hydrogen) atoms. The zero-order chi connectivity index (χ0) is 13.1. The molecule has 4 nitrogen and oxygen atoms in total. The highest BCUT2D eigenvalue weighted by atomic mass is 32.1. The summed E-state index contributed by atoms with van der Waals surface area (Å²) in [4.78, 5) is 11.9. The number of rotatable bonds is 4. The number of nitrogens with zero attached hydrogens (tertiary/aromatic N) is 1. The first-order chi connectivity index (χ1) is 9.31. The first kappa shape index (κ1) is 12.4. The van der Waals surface area contributed by atoms with Crippen LogP contribution in [-0.4, -0.2) is 22.1 Å². The van der Waals surface area contributed by atoms with Gasteiger partial charge in [0.05, 0.1) is 6.20 Å². The number of hydrogen-bond donors (Lipinski definition) is 2. The minimum atomic E-state index is 0.156. The minimum absolute atomic E-state index is 0.156. The number of H-pyrrole nitrogens is 1. The summed E-state index contributed by atoms with van der Waals surface area (Å²) < 4.78 is 0. The van der Waals surface area contributed by atoms with Crippen LogP contribution in [0.4, 0.5) is 0 Å². The second kappa shape index (κ2) is 5.57. The highest BCUT2D eigenvalue weighted by Crippen LogP contribution is 2.19. The van der Waals surface area contributed by atoms with Gasteiger partial charge in [-0.25, -0.2) is 0 Å². The summed E-state index contributed by atoms with van der Waals surface area (Å²) in [7, 11) is 0. The first-order valence-electron chi connectivity index (χ1n) is 6.63. The van der Waals surface area contributed by atoms with Gasteiger partial charge in [0.1, 0.15) is 0 Å². The number of aromatic nitrogens is 2. The van der Waals surface area contributed by atoms with Crippen molar-refractivity contribution in [2.45, 2.75) is 38.1 Å². The molecule has 1 unspecified atom stereocenters. The monoisotopic (exact) mass is 275 g/mol. The summed E-state index contributed by atoms with van der Waals surface area (Å²) in [6, 6.07) is 2.34. The molecule has 5 heteroatoms. The Labute approximate surface area is 116 Å². The average Bonchev–Trinajstić information content (AvgIpc) is 3.07. The van der Waals surface area contributed by atoms with E-state index < -0.39 is 0 Å². The van der Waals surface area contributed by atoms with E-state index in [-0.39, 0.29) is 11.9 Å². The quantitative estimate of drug-likeness (QED) is 0.897. The van der Waals surface area contributed by atoms with Crippen LogP contribution < -0.4 is 5.32 Å². The van der Waals surface area contributed by atoms with Gasteiger partial charge in [0.25, 0.3) is 0 Å². The maximum atomic E-state index is 11.9. The van der Waals surface area contributed by atoms with E-state index in [1.165, 1.54) is 16.8 Å². The Hall–Kier alpha value is -1.62. The molecule has 0 spiro atoms. The number of nitrogens with one attached hydrogen (secondary N) is 2. The second-order valence-electron chi connectivity index (χ2n) is 5.01. The van der Waals surface area contributed by atoms with Gasteiger partial charge in [0, 0.05) is 18.2 Å². The smallest absolute Gasteiger partial charge is 0.220 e. The minimum Gasteiger partial charge on any atom is -0.353 e. The number of hydrogen-bond acceptors (Lipinski definition) is 3. The largest absolute Gasteiger partial charge is 0.353 e. The molecular weight excluding hydrogens is 258 g/mol. The molecule has 2 N–H and O–H groups in total. The molecule has 0 fully saturated rings. The van der Waals surface area contributed by atoms with Crippen molar-refractivity contribution in [1.29, 1.82) is 0 Å². The molecule has 1 atom stereocenters. The maximum absolute atomic E-state index is 11.9. The molecule has 0 bridgehead atoms. The van der Waals surface area contributed by atoms with E-state index in [2.05, 4.69) is 32.3 Å². The molecule has 2 aromatic heterocycles. The Morgan fingerprint density at radius 1 is 1.58 bits per heavy atom. The third kappa shape index (κ3) is 3.04. The van der Waals surface area contributed by atoms with Crippen LogP contribution >= 0.6 is 11.3 Å². The molecular formula is C14H17N3OS. The van der Waals surface area contributed by atoms with Gasteiger partial charge in [-0.1, -0.05) is 0 Å². The summed E-state index contributed by atoms with van der Waals surface area (Å²) in [6.07, 6.45) is 6.16. The van der Waals surface area contributed by atoms with Crippen LogP contribution in [0, 0.1) is 0 Å². The van der Waals surface area contributed by atoms with Crippen LogP contribution in [0.15, 0.2) is 23.0 Å². The SMILES string of the molecule is O=C(CCc1ccsc1)NC1CCc2[nH]ncc2C1. The molecule has 0 saturated heterocycles. The van der Waals surface area contributed by atoms with Crippen LogP contribution in [0.1, 0.15) is 29.7 Å². The van der Waals surface area contributed by atoms with Crippen LogP contribution in [0.5, 0.6) is 0 Å². The lowest BCUT2D eigenvalue weighted by atomic mass is 9.93. The van der Waals surface area contributed by atoms with E-state index in [1.807, 2.05) is 6.20 Å². The number of amides is 1. The third-order valence-corrected chi connectivity index (χ3v) is 4.33. The molecule has 0 aromatic carbocycles. The molecule has 2 aromatic rings. The summed E-state index contributed by atoms with van der Waals surface area (Å²) >= 11 is 1.68.